The van der Waals surface area contributed by atoms with E-state index in [-0.39, 0.29) is 6.04 Å². The summed E-state index contributed by atoms with van der Waals surface area (Å²) in [7, 11) is 1.59. The van der Waals surface area contributed by atoms with Crippen LogP contribution in [0.25, 0.3) is 0 Å². The Labute approximate surface area is 120 Å². The summed E-state index contributed by atoms with van der Waals surface area (Å²) in [6.07, 6.45) is -0.505. The zero-order chi connectivity index (χ0) is 14.2. The average molecular weight is 271 g/mol. The Hall–Kier alpha value is -1.68. The van der Waals surface area contributed by atoms with Crippen molar-refractivity contribution in [3.63, 3.8) is 0 Å². The molecule has 0 saturated heterocycles. The molecule has 3 nitrogen and oxygen atoms in total. The molecule has 3 heteroatoms. The molecule has 0 spiro atoms. The topological polar surface area (TPSA) is 41.5 Å². The summed E-state index contributed by atoms with van der Waals surface area (Å²) in [4.78, 5) is 0. The number of rotatable bonds is 7. The first-order chi connectivity index (χ1) is 9.81. The third-order valence-corrected chi connectivity index (χ3v) is 3.18. The van der Waals surface area contributed by atoms with E-state index >= 15 is 0 Å². The van der Waals surface area contributed by atoms with Gasteiger partial charge in [-0.1, -0.05) is 60.7 Å². The van der Waals surface area contributed by atoms with Crippen LogP contribution in [0.3, 0.4) is 0 Å². The summed E-state index contributed by atoms with van der Waals surface area (Å²) in [5.74, 6) is 0. The van der Waals surface area contributed by atoms with Crippen LogP contribution in [0.4, 0.5) is 0 Å². The predicted octanol–water partition coefficient (Wildman–Crippen LogP) is 2.37. The maximum atomic E-state index is 9.80. The van der Waals surface area contributed by atoms with Gasteiger partial charge >= 0.3 is 0 Å². The van der Waals surface area contributed by atoms with Crippen LogP contribution < -0.4 is 5.32 Å². The van der Waals surface area contributed by atoms with E-state index in [0.717, 1.165) is 0 Å². The van der Waals surface area contributed by atoms with Crippen LogP contribution in [-0.4, -0.2) is 31.5 Å². The van der Waals surface area contributed by atoms with Gasteiger partial charge in [-0.15, -0.1) is 0 Å². The SMILES string of the molecule is COCC(O)CNC(c1ccccc1)c1ccccc1. The van der Waals surface area contributed by atoms with Crippen LogP contribution in [0.15, 0.2) is 60.7 Å². The monoisotopic (exact) mass is 271 g/mol. The van der Waals surface area contributed by atoms with Gasteiger partial charge in [0.2, 0.25) is 0 Å². The highest BCUT2D eigenvalue weighted by Crippen LogP contribution is 2.21. The molecule has 0 aliphatic carbocycles. The Balaban J connectivity index is 2.13. The molecule has 0 heterocycles. The van der Waals surface area contributed by atoms with Crippen molar-refractivity contribution >= 4 is 0 Å². The molecular weight excluding hydrogens is 250 g/mol. The van der Waals surface area contributed by atoms with E-state index in [4.69, 9.17) is 4.74 Å². The number of hydrogen-bond donors (Lipinski definition) is 2. The van der Waals surface area contributed by atoms with E-state index in [0.29, 0.717) is 13.2 Å². The van der Waals surface area contributed by atoms with Gasteiger partial charge in [-0.3, -0.25) is 0 Å². The van der Waals surface area contributed by atoms with Crippen molar-refractivity contribution < 1.29 is 9.84 Å². The van der Waals surface area contributed by atoms with Gasteiger partial charge in [0.15, 0.2) is 0 Å². The molecule has 1 unspecified atom stereocenters. The Morgan fingerprint density at radius 2 is 1.45 bits per heavy atom. The lowest BCUT2D eigenvalue weighted by atomic mass is 9.98. The summed E-state index contributed by atoms with van der Waals surface area (Å²) in [6.45, 7) is 0.825. The third-order valence-electron chi connectivity index (χ3n) is 3.18. The van der Waals surface area contributed by atoms with Gasteiger partial charge in [-0.25, -0.2) is 0 Å². The van der Waals surface area contributed by atoms with Crippen molar-refractivity contribution in [2.45, 2.75) is 12.1 Å². The van der Waals surface area contributed by atoms with Crippen molar-refractivity contribution in [2.24, 2.45) is 0 Å². The van der Waals surface area contributed by atoms with E-state index in [9.17, 15) is 5.11 Å². The average Bonchev–Trinajstić information content (AvgIpc) is 2.50. The van der Waals surface area contributed by atoms with Gasteiger partial charge in [0.05, 0.1) is 18.8 Å². The Morgan fingerprint density at radius 1 is 0.950 bits per heavy atom. The first-order valence-electron chi connectivity index (χ1n) is 6.81. The van der Waals surface area contributed by atoms with Gasteiger partial charge in [0.25, 0.3) is 0 Å². The normalized spacial score (nSPS) is 12.6. The smallest absolute Gasteiger partial charge is 0.0897 e. The van der Waals surface area contributed by atoms with Crippen LogP contribution in [0.5, 0.6) is 0 Å². The molecule has 2 aromatic carbocycles. The van der Waals surface area contributed by atoms with Gasteiger partial charge in [0, 0.05) is 13.7 Å². The van der Waals surface area contributed by atoms with Gasteiger partial charge in [-0.2, -0.15) is 0 Å². The molecule has 2 rings (SSSR count). The molecule has 0 radical (unpaired) electrons. The van der Waals surface area contributed by atoms with Crippen LogP contribution in [0.2, 0.25) is 0 Å². The Morgan fingerprint density at radius 3 is 1.90 bits per heavy atom. The summed E-state index contributed by atoms with van der Waals surface area (Å²) in [5.41, 5.74) is 2.37. The quantitative estimate of drug-likeness (QED) is 0.812. The lowest BCUT2D eigenvalue weighted by Gasteiger charge is -2.21. The highest BCUT2D eigenvalue weighted by atomic mass is 16.5. The van der Waals surface area contributed by atoms with Crippen LogP contribution in [0, 0.1) is 0 Å². The molecule has 0 aliphatic heterocycles. The molecule has 0 saturated carbocycles. The number of benzene rings is 2. The molecule has 2 N–H and O–H groups in total. The second-order valence-corrected chi connectivity index (χ2v) is 4.77. The fourth-order valence-corrected chi connectivity index (χ4v) is 2.22. The van der Waals surface area contributed by atoms with Gasteiger partial charge in [-0.05, 0) is 11.1 Å². The maximum absolute atomic E-state index is 9.80. The largest absolute Gasteiger partial charge is 0.389 e. The van der Waals surface area contributed by atoms with Crippen molar-refractivity contribution in [2.75, 3.05) is 20.3 Å². The molecule has 0 amide bonds. The number of ether oxygens (including phenoxy) is 1. The van der Waals surface area contributed by atoms with Crippen LogP contribution >= 0.6 is 0 Å². The molecule has 0 fully saturated rings. The lowest BCUT2D eigenvalue weighted by molar-refractivity contribution is 0.0634. The molecule has 0 aliphatic rings. The number of aliphatic hydroxyl groups is 1. The first-order valence-corrected chi connectivity index (χ1v) is 6.81. The summed E-state index contributed by atoms with van der Waals surface area (Å²) in [5, 5.41) is 13.2. The van der Waals surface area contributed by atoms with E-state index in [1.807, 2.05) is 36.4 Å². The van der Waals surface area contributed by atoms with Crippen molar-refractivity contribution in [1.82, 2.24) is 5.32 Å². The van der Waals surface area contributed by atoms with Crippen molar-refractivity contribution in [3.05, 3.63) is 71.8 Å². The summed E-state index contributed by atoms with van der Waals surface area (Å²) in [6, 6.07) is 20.6. The molecule has 2 aromatic rings. The molecule has 0 bridgehead atoms. The molecule has 106 valence electrons. The zero-order valence-corrected chi connectivity index (χ0v) is 11.7. The number of aliphatic hydroxyl groups excluding tert-OH is 1. The standard InChI is InChI=1S/C17H21NO2/c1-20-13-16(19)12-18-17(14-8-4-2-5-9-14)15-10-6-3-7-11-15/h2-11,16-19H,12-13H2,1H3. The fourth-order valence-electron chi connectivity index (χ4n) is 2.22. The number of hydrogen-bond acceptors (Lipinski definition) is 3. The molecular formula is C17H21NO2. The van der Waals surface area contributed by atoms with Crippen molar-refractivity contribution in [1.29, 1.82) is 0 Å². The zero-order valence-electron chi connectivity index (χ0n) is 11.7. The molecule has 20 heavy (non-hydrogen) atoms. The van der Waals surface area contributed by atoms with Crippen LogP contribution in [-0.2, 0) is 4.74 Å². The first kappa shape index (κ1) is 14.7. The Kier molecular flexibility index (Phi) is 5.74. The maximum Gasteiger partial charge on any atom is 0.0897 e. The minimum atomic E-state index is -0.505. The minimum Gasteiger partial charge on any atom is -0.389 e. The second kappa shape index (κ2) is 7.80. The lowest BCUT2D eigenvalue weighted by Crippen LogP contribution is -2.33. The predicted molar refractivity (Wildman–Crippen MR) is 80.6 cm³/mol. The van der Waals surface area contributed by atoms with E-state index in [1.165, 1.54) is 11.1 Å². The molecule has 0 aromatic heterocycles. The highest BCUT2D eigenvalue weighted by molar-refractivity contribution is 5.31. The minimum absolute atomic E-state index is 0.0731. The highest BCUT2D eigenvalue weighted by Gasteiger charge is 2.14. The van der Waals surface area contributed by atoms with Gasteiger partial charge < -0.3 is 15.2 Å². The third kappa shape index (κ3) is 4.17. The van der Waals surface area contributed by atoms with E-state index in [2.05, 4.69) is 29.6 Å². The Bertz CT molecular complexity index is 447. The molecule has 1 atom stereocenters. The summed E-state index contributed by atoms with van der Waals surface area (Å²) >= 11 is 0. The van der Waals surface area contributed by atoms with Gasteiger partial charge in [0.1, 0.15) is 0 Å². The fraction of sp³-hybridized carbons (Fsp3) is 0.294. The van der Waals surface area contributed by atoms with Crippen LogP contribution in [0.1, 0.15) is 17.2 Å². The van der Waals surface area contributed by atoms with E-state index in [1.54, 1.807) is 7.11 Å². The second-order valence-electron chi connectivity index (χ2n) is 4.77. The summed E-state index contributed by atoms with van der Waals surface area (Å²) < 4.78 is 4.96. The van der Waals surface area contributed by atoms with E-state index < -0.39 is 6.10 Å². The van der Waals surface area contributed by atoms with Crippen molar-refractivity contribution in [3.8, 4) is 0 Å². The number of nitrogens with one attached hydrogen (secondary N) is 1. The number of methoxy groups -OCH3 is 1.